The Bertz CT molecular complexity index is 948. The summed E-state index contributed by atoms with van der Waals surface area (Å²) in [5.74, 6) is 0. The smallest absolute Gasteiger partial charge is 0.399 e. The molecule has 2 heterocycles. The fourth-order valence-electron chi connectivity index (χ4n) is 3.21. The van der Waals surface area contributed by atoms with E-state index in [0.29, 0.717) is 0 Å². The van der Waals surface area contributed by atoms with Gasteiger partial charge in [-0.3, -0.25) is 0 Å². The van der Waals surface area contributed by atoms with E-state index in [1.807, 2.05) is 18.2 Å². The minimum atomic E-state index is -0.337. The molecule has 5 heteroatoms. The standard InChI is InChI=1S/C21H22BClO2S/c1-20(2)21(3,4)25-22(24-20)17-10-7-9-15-13-16(26-19(15)17)12-14-8-5-6-11-18(14)23/h5-11,13H,12H2,1-4H3. The summed E-state index contributed by atoms with van der Waals surface area (Å²) >= 11 is 8.13. The van der Waals surface area contributed by atoms with Crippen molar-refractivity contribution < 1.29 is 9.31 Å². The zero-order valence-corrected chi connectivity index (χ0v) is 17.1. The van der Waals surface area contributed by atoms with Crippen LogP contribution < -0.4 is 5.46 Å². The van der Waals surface area contributed by atoms with Gasteiger partial charge in [-0.05, 0) is 50.8 Å². The van der Waals surface area contributed by atoms with Crippen molar-refractivity contribution >= 4 is 45.6 Å². The summed E-state index contributed by atoms with van der Waals surface area (Å²) in [6, 6.07) is 16.6. The first kappa shape index (κ1) is 18.1. The predicted molar refractivity (Wildman–Crippen MR) is 112 cm³/mol. The number of halogens is 1. The molecule has 4 rings (SSSR count). The Hall–Kier alpha value is -1.33. The Kier molecular flexibility index (Phi) is 4.43. The first-order chi connectivity index (χ1) is 12.3. The normalized spacial score (nSPS) is 18.6. The van der Waals surface area contributed by atoms with Crippen molar-refractivity contribution in [2.75, 3.05) is 0 Å². The van der Waals surface area contributed by atoms with Gasteiger partial charge in [0.25, 0.3) is 0 Å². The number of hydrogen-bond donors (Lipinski definition) is 0. The third-order valence-corrected chi connectivity index (χ3v) is 7.02. The van der Waals surface area contributed by atoms with Crippen LogP contribution in [0, 0.1) is 0 Å². The molecule has 1 aliphatic heterocycles. The van der Waals surface area contributed by atoms with E-state index in [9.17, 15) is 0 Å². The van der Waals surface area contributed by atoms with Gasteiger partial charge in [0, 0.05) is 26.5 Å². The summed E-state index contributed by atoms with van der Waals surface area (Å²) in [7, 11) is -0.337. The number of rotatable bonds is 3. The molecule has 0 amide bonds. The second-order valence-electron chi connectivity index (χ2n) is 7.83. The van der Waals surface area contributed by atoms with Crippen LogP contribution >= 0.6 is 22.9 Å². The van der Waals surface area contributed by atoms with E-state index in [1.165, 1.54) is 15.0 Å². The summed E-state index contributed by atoms with van der Waals surface area (Å²) in [6.07, 6.45) is 0.835. The highest BCUT2D eigenvalue weighted by Gasteiger charge is 2.52. The molecule has 26 heavy (non-hydrogen) atoms. The number of benzene rings is 2. The average molecular weight is 385 g/mol. The molecule has 1 fully saturated rings. The van der Waals surface area contributed by atoms with Crippen LogP contribution in [0.4, 0.5) is 0 Å². The van der Waals surface area contributed by atoms with Gasteiger partial charge in [0.05, 0.1) is 11.2 Å². The lowest BCUT2D eigenvalue weighted by Gasteiger charge is -2.32. The number of thiophene rings is 1. The van der Waals surface area contributed by atoms with Gasteiger partial charge in [0.2, 0.25) is 0 Å². The van der Waals surface area contributed by atoms with Crippen molar-refractivity contribution in [2.24, 2.45) is 0 Å². The fraction of sp³-hybridized carbons (Fsp3) is 0.333. The van der Waals surface area contributed by atoms with Crippen molar-refractivity contribution in [3.05, 3.63) is 64.0 Å². The Morgan fingerprint density at radius 1 is 0.962 bits per heavy atom. The van der Waals surface area contributed by atoms with Crippen molar-refractivity contribution in [1.29, 1.82) is 0 Å². The van der Waals surface area contributed by atoms with E-state index in [2.05, 4.69) is 58.0 Å². The van der Waals surface area contributed by atoms with Crippen LogP contribution in [0.3, 0.4) is 0 Å². The third-order valence-electron chi connectivity index (χ3n) is 5.46. The van der Waals surface area contributed by atoms with E-state index in [0.717, 1.165) is 22.5 Å². The van der Waals surface area contributed by atoms with Gasteiger partial charge >= 0.3 is 7.12 Å². The molecular formula is C21H22BClO2S. The summed E-state index contributed by atoms with van der Waals surface area (Å²) in [5.41, 5.74) is 1.59. The molecule has 2 nitrogen and oxygen atoms in total. The minimum absolute atomic E-state index is 0.336. The molecule has 134 valence electrons. The van der Waals surface area contributed by atoms with Crippen LogP contribution in [-0.2, 0) is 15.7 Å². The molecule has 0 bridgehead atoms. The molecular weight excluding hydrogens is 363 g/mol. The van der Waals surface area contributed by atoms with Gasteiger partial charge in [-0.15, -0.1) is 11.3 Å². The molecule has 1 aliphatic rings. The highest BCUT2D eigenvalue weighted by molar-refractivity contribution is 7.20. The van der Waals surface area contributed by atoms with Gasteiger partial charge in [-0.1, -0.05) is 48.0 Å². The summed E-state index contributed by atoms with van der Waals surface area (Å²) in [6.45, 7) is 8.35. The van der Waals surface area contributed by atoms with Gasteiger partial charge in [0.1, 0.15) is 0 Å². The van der Waals surface area contributed by atoms with Gasteiger partial charge in [-0.2, -0.15) is 0 Å². The summed E-state index contributed by atoms with van der Waals surface area (Å²) in [4.78, 5) is 1.29. The Labute approximate surface area is 164 Å². The van der Waals surface area contributed by atoms with E-state index in [-0.39, 0.29) is 18.3 Å². The van der Waals surface area contributed by atoms with Gasteiger partial charge in [-0.25, -0.2) is 0 Å². The van der Waals surface area contributed by atoms with Crippen LogP contribution in [0.15, 0.2) is 48.5 Å². The predicted octanol–water partition coefficient (Wildman–Crippen LogP) is 5.44. The number of hydrogen-bond acceptors (Lipinski definition) is 3. The van der Waals surface area contributed by atoms with Crippen LogP contribution in [0.2, 0.25) is 5.02 Å². The molecule has 0 radical (unpaired) electrons. The van der Waals surface area contributed by atoms with E-state index < -0.39 is 0 Å². The molecule has 0 atom stereocenters. The Balaban J connectivity index is 1.70. The minimum Gasteiger partial charge on any atom is -0.399 e. The maximum absolute atomic E-state index is 6.34. The third kappa shape index (κ3) is 3.09. The Morgan fingerprint density at radius 2 is 1.65 bits per heavy atom. The Morgan fingerprint density at radius 3 is 2.35 bits per heavy atom. The van der Waals surface area contributed by atoms with E-state index in [4.69, 9.17) is 20.9 Å². The van der Waals surface area contributed by atoms with E-state index >= 15 is 0 Å². The van der Waals surface area contributed by atoms with Gasteiger partial charge < -0.3 is 9.31 Å². The molecule has 1 saturated heterocycles. The molecule has 0 spiro atoms. The van der Waals surface area contributed by atoms with E-state index in [1.54, 1.807) is 11.3 Å². The highest BCUT2D eigenvalue weighted by atomic mass is 35.5. The number of fused-ring (bicyclic) bond motifs is 1. The lowest BCUT2D eigenvalue weighted by atomic mass is 9.78. The maximum atomic E-state index is 6.34. The molecule has 0 saturated carbocycles. The molecule has 0 aliphatic carbocycles. The maximum Gasteiger partial charge on any atom is 0.496 e. The first-order valence-electron chi connectivity index (χ1n) is 8.87. The molecule has 0 unspecified atom stereocenters. The zero-order valence-electron chi connectivity index (χ0n) is 15.5. The highest BCUT2D eigenvalue weighted by Crippen LogP contribution is 2.38. The monoisotopic (exact) mass is 384 g/mol. The lowest BCUT2D eigenvalue weighted by molar-refractivity contribution is 0.00578. The van der Waals surface area contributed by atoms with Crippen LogP contribution in [0.5, 0.6) is 0 Å². The van der Waals surface area contributed by atoms with Crippen LogP contribution in [0.1, 0.15) is 38.1 Å². The molecule has 1 aromatic heterocycles. The second kappa shape index (κ2) is 6.38. The summed E-state index contributed by atoms with van der Waals surface area (Å²) < 4.78 is 13.8. The van der Waals surface area contributed by atoms with Crippen molar-refractivity contribution in [1.82, 2.24) is 0 Å². The molecule has 0 N–H and O–H groups in total. The molecule has 2 aromatic carbocycles. The van der Waals surface area contributed by atoms with Crippen molar-refractivity contribution in [3.8, 4) is 0 Å². The zero-order chi connectivity index (χ0) is 18.5. The van der Waals surface area contributed by atoms with Gasteiger partial charge in [0.15, 0.2) is 0 Å². The second-order valence-corrected chi connectivity index (χ2v) is 9.38. The largest absolute Gasteiger partial charge is 0.496 e. The average Bonchev–Trinajstić information content (AvgIpc) is 3.06. The fourth-order valence-corrected chi connectivity index (χ4v) is 4.62. The quantitative estimate of drug-likeness (QED) is 0.559. The van der Waals surface area contributed by atoms with Crippen molar-refractivity contribution in [3.63, 3.8) is 0 Å². The van der Waals surface area contributed by atoms with Crippen LogP contribution in [-0.4, -0.2) is 18.3 Å². The summed E-state index contributed by atoms with van der Waals surface area (Å²) in [5, 5.41) is 2.04. The first-order valence-corrected chi connectivity index (χ1v) is 10.1. The van der Waals surface area contributed by atoms with Crippen molar-refractivity contribution in [2.45, 2.75) is 45.3 Å². The SMILES string of the molecule is CC1(C)OB(c2cccc3cc(Cc4ccccc4Cl)sc23)OC1(C)C. The lowest BCUT2D eigenvalue weighted by Crippen LogP contribution is -2.41. The topological polar surface area (TPSA) is 18.5 Å². The van der Waals surface area contributed by atoms with Crippen LogP contribution in [0.25, 0.3) is 10.1 Å². The molecule has 3 aromatic rings.